The third-order valence-electron chi connectivity index (χ3n) is 4.60. The lowest BCUT2D eigenvalue weighted by molar-refractivity contribution is -0.138. The van der Waals surface area contributed by atoms with Crippen LogP contribution >= 0.6 is 0 Å². The Morgan fingerprint density at radius 1 is 1.00 bits per heavy atom. The molecule has 0 saturated carbocycles. The van der Waals surface area contributed by atoms with Crippen molar-refractivity contribution in [1.82, 2.24) is 9.97 Å². The maximum Gasteiger partial charge on any atom is 0.416 e. The zero-order chi connectivity index (χ0) is 20.6. The molecule has 4 rings (SSSR count). The maximum absolute atomic E-state index is 13.2. The fourth-order valence-corrected chi connectivity index (χ4v) is 3.22. The van der Waals surface area contributed by atoms with Crippen LogP contribution in [0.25, 0.3) is 11.1 Å². The van der Waals surface area contributed by atoms with Crippen LogP contribution < -0.4 is 5.32 Å². The molecular formula is C21H15F3N4O. The minimum Gasteiger partial charge on any atom is -0.324 e. The summed E-state index contributed by atoms with van der Waals surface area (Å²) in [6.07, 6.45) is 0.218. The zero-order valence-electron chi connectivity index (χ0n) is 15.3. The first-order chi connectivity index (χ1) is 13.8. The number of anilines is 1. The number of aromatic nitrogens is 2. The number of fused-ring (bicyclic) bond motifs is 1. The van der Waals surface area contributed by atoms with Crippen LogP contribution in [0.4, 0.5) is 24.5 Å². The predicted molar refractivity (Wildman–Crippen MR) is 103 cm³/mol. The minimum absolute atomic E-state index is 0.0469. The van der Waals surface area contributed by atoms with E-state index >= 15 is 0 Å². The molecule has 1 aliphatic heterocycles. The lowest BCUT2D eigenvalue weighted by Gasteiger charge is -2.13. The number of hydrogen-bond acceptors (Lipinski definition) is 4. The van der Waals surface area contributed by atoms with Gasteiger partial charge in [0.1, 0.15) is 6.33 Å². The van der Waals surface area contributed by atoms with Crippen LogP contribution in [0, 0.1) is 6.92 Å². The number of halogens is 3. The van der Waals surface area contributed by atoms with Crippen LogP contribution in [0.2, 0.25) is 0 Å². The Bertz CT molecular complexity index is 1120. The molecule has 1 aromatic heterocycles. The van der Waals surface area contributed by atoms with Gasteiger partial charge in [0.25, 0.3) is 0 Å². The Hall–Kier alpha value is -3.55. The van der Waals surface area contributed by atoms with Crippen molar-refractivity contribution in [3.8, 4) is 11.1 Å². The molecule has 0 atom stereocenters. The summed E-state index contributed by atoms with van der Waals surface area (Å²) in [7, 11) is 0. The lowest BCUT2D eigenvalue weighted by Crippen LogP contribution is -2.15. The highest BCUT2D eigenvalue weighted by atomic mass is 19.4. The van der Waals surface area contributed by atoms with Gasteiger partial charge in [-0.3, -0.25) is 9.79 Å². The van der Waals surface area contributed by atoms with E-state index in [1.165, 1.54) is 19.3 Å². The number of carbonyl (C=O) groups excluding carboxylic acids is 1. The van der Waals surface area contributed by atoms with Gasteiger partial charge in [-0.2, -0.15) is 13.2 Å². The Morgan fingerprint density at radius 2 is 1.72 bits per heavy atom. The van der Waals surface area contributed by atoms with Gasteiger partial charge in [0.15, 0.2) is 0 Å². The average Bonchev–Trinajstić information content (AvgIpc) is 2.85. The molecular weight excluding hydrogens is 381 g/mol. The van der Waals surface area contributed by atoms with Gasteiger partial charge in [0.2, 0.25) is 5.91 Å². The highest BCUT2D eigenvalue weighted by Gasteiger charge is 2.34. The van der Waals surface area contributed by atoms with E-state index in [4.69, 9.17) is 0 Å². The van der Waals surface area contributed by atoms with Crippen molar-refractivity contribution in [2.24, 2.45) is 4.99 Å². The van der Waals surface area contributed by atoms with Crippen molar-refractivity contribution in [3.05, 3.63) is 71.8 Å². The third kappa shape index (κ3) is 3.87. The van der Waals surface area contributed by atoms with Crippen LogP contribution in [0.5, 0.6) is 0 Å². The monoisotopic (exact) mass is 396 g/mol. The molecule has 0 aliphatic carbocycles. The molecule has 0 spiro atoms. The van der Waals surface area contributed by atoms with Crippen LogP contribution in [0.1, 0.15) is 23.1 Å². The van der Waals surface area contributed by atoms with Gasteiger partial charge in [-0.05, 0) is 41.8 Å². The predicted octanol–water partition coefficient (Wildman–Crippen LogP) is 4.93. The molecule has 1 amide bonds. The van der Waals surface area contributed by atoms with Crippen LogP contribution in [-0.2, 0) is 11.0 Å². The first-order valence-electron chi connectivity index (χ1n) is 8.76. The first kappa shape index (κ1) is 18.8. The fraction of sp³-hybridized carbons (Fsp3) is 0.143. The van der Waals surface area contributed by atoms with Gasteiger partial charge >= 0.3 is 6.18 Å². The molecule has 2 aromatic carbocycles. The van der Waals surface area contributed by atoms with Crippen molar-refractivity contribution in [2.75, 3.05) is 5.32 Å². The van der Waals surface area contributed by atoms with Crippen molar-refractivity contribution >= 4 is 23.0 Å². The topological polar surface area (TPSA) is 67.2 Å². The minimum atomic E-state index is -4.51. The largest absolute Gasteiger partial charge is 0.416 e. The molecule has 1 aliphatic rings. The van der Waals surface area contributed by atoms with E-state index in [9.17, 15) is 18.0 Å². The number of aliphatic imine (C=N–C) groups is 1. The summed E-state index contributed by atoms with van der Waals surface area (Å²) in [5.74, 6) is -0.423. The van der Waals surface area contributed by atoms with Crippen molar-refractivity contribution in [3.63, 3.8) is 0 Å². The number of rotatable bonds is 2. The van der Waals surface area contributed by atoms with Gasteiger partial charge in [0.05, 0.1) is 29.1 Å². The third-order valence-corrected chi connectivity index (χ3v) is 4.60. The van der Waals surface area contributed by atoms with E-state index in [0.717, 1.165) is 17.2 Å². The van der Waals surface area contributed by atoms with E-state index in [1.54, 1.807) is 18.5 Å². The molecule has 0 bridgehead atoms. The SMILES string of the molecule is Cc1cc2c(cc1C(F)(F)F)NC(=O)CC(c1cccc(-c3cncnc3)c1)=N2. The Morgan fingerprint density at radius 3 is 2.45 bits per heavy atom. The molecule has 0 unspecified atom stereocenters. The summed E-state index contributed by atoms with van der Waals surface area (Å²) in [6, 6.07) is 9.65. The summed E-state index contributed by atoms with van der Waals surface area (Å²) in [5, 5.41) is 2.53. The number of alkyl halides is 3. The smallest absolute Gasteiger partial charge is 0.324 e. The van der Waals surface area contributed by atoms with Crippen molar-refractivity contribution < 1.29 is 18.0 Å². The quantitative estimate of drug-likeness (QED) is 0.668. The highest BCUT2D eigenvalue weighted by Crippen LogP contribution is 2.39. The molecule has 29 heavy (non-hydrogen) atoms. The lowest BCUT2D eigenvalue weighted by atomic mass is 10.0. The fourth-order valence-electron chi connectivity index (χ4n) is 3.22. The van der Waals surface area contributed by atoms with E-state index in [2.05, 4.69) is 20.3 Å². The summed E-state index contributed by atoms with van der Waals surface area (Å²) < 4.78 is 39.6. The van der Waals surface area contributed by atoms with Crippen molar-refractivity contribution in [2.45, 2.75) is 19.5 Å². The van der Waals surface area contributed by atoms with E-state index in [1.807, 2.05) is 18.2 Å². The zero-order valence-corrected chi connectivity index (χ0v) is 15.3. The van der Waals surface area contributed by atoms with Crippen molar-refractivity contribution in [1.29, 1.82) is 0 Å². The molecule has 1 N–H and O–H groups in total. The van der Waals surface area contributed by atoms with Gasteiger partial charge in [-0.25, -0.2) is 9.97 Å². The first-order valence-corrected chi connectivity index (χ1v) is 8.76. The number of aryl methyl sites for hydroxylation is 1. The van der Waals surface area contributed by atoms with E-state index in [-0.39, 0.29) is 17.7 Å². The number of nitrogens with one attached hydrogen (secondary N) is 1. The van der Waals surface area contributed by atoms with Gasteiger partial charge in [0, 0.05) is 18.0 Å². The van der Waals surface area contributed by atoms with Crippen LogP contribution in [0.15, 0.2) is 60.1 Å². The molecule has 0 radical (unpaired) electrons. The Labute approximate surface area is 164 Å². The molecule has 5 nitrogen and oxygen atoms in total. The number of benzene rings is 2. The average molecular weight is 396 g/mol. The van der Waals surface area contributed by atoms with Crippen LogP contribution in [0.3, 0.4) is 0 Å². The number of amides is 1. The molecule has 3 aromatic rings. The normalized spacial score (nSPS) is 13.9. The Kier molecular flexibility index (Phi) is 4.62. The number of nitrogens with zero attached hydrogens (tertiary/aromatic N) is 3. The molecule has 146 valence electrons. The second-order valence-corrected chi connectivity index (χ2v) is 6.67. The van der Waals surface area contributed by atoms with E-state index < -0.39 is 17.6 Å². The highest BCUT2D eigenvalue weighted by molar-refractivity contribution is 6.17. The second-order valence-electron chi connectivity index (χ2n) is 6.67. The van der Waals surface area contributed by atoms with Gasteiger partial charge in [-0.1, -0.05) is 18.2 Å². The van der Waals surface area contributed by atoms with Gasteiger partial charge < -0.3 is 5.32 Å². The molecule has 8 heteroatoms. The molecule has 0 fully saturated rings. The summed E-state index contributed by atoms with van der Waals surface area (Å²) in [6.45, 7) is 1.38. The second kappa shape index (κ2) is 7.12. The van der Waals surface area contributed by atoms with Crippen LogP contribution in [-0.4, -0.2) is 21.6 Å². The summed E-state index contributed by atoms with van der Waals surface area (Å²) in [4.78, 5) is 24.9. The number of carbonyl (C=O) groups is 1. The summed E-state index contributed by atoms with van der Waals surface area (Å²) in [5.41, 5.74) is 2.43. The summed E-state index contributed by atoms with van der Waals surface area (Å²) >= 11 is 0. The Balaban J connectivity index is 1.80. The number of hydrogen-bond donors (Lipinski definition) is 1. The van der Waals surface area contributed by atoms with Gasteiger partial charge in [-0.15, -0.1) is 0 Å². The van der Waals surface area contributed by atoms with E-state index in [0.29, 0.717) is 17.0 Å². The molecule has 2 heterocycles. The standard InChI is InChI=1S/C21H15F3N4O/c1-12-5-18-19(7-16(12)21(22,23)24)28-20(29)8-17(27-18)14-4-2-3-13(6-14)15-9-25-11-26-10-15/h2-7,9-11H,8H2,1H3,(H,28,29). The molecule has 0 saturated heterocycles. The maximum atomic E-state index is 13.2.